The normalized spacial score (nSPS) is 17.8. The number of aromatic nitrogens is 2. The molecule has 0 saturated carbocycles. The second-order valence-corrected chi connectivity index (χ2v) is 6.19. The first-order chi connectivity index (χ1) is 13.1. The predicted molar refractivity (Wildman–Crippen MR) is 97.9 cm³/mol. The minimum Gasteiger partial charge on any atom is -0.399 e. The monoisotopic (exact) mass is 365 g/mol. The maximum Gasteiger partial charge on any atom is 0.274 e. The van der Waals surface area contributed by atoms with Crippen LogP contribution in [0.3, 0.4) is 0 Å². The Kier molecular flexibility index (Phi) is 5.43. The van der Waals surface area contributed by atoms with Crippen molar-refractivity contribution in [3.05, 3.63) is 47.4 Å². The van der Waals surface area contributed by atoms with E-state index in [2.05, 4.69) is 21.2 Å². The Morgan fingerprint density at radius 3 is 2.89 bits per heavy atom. The number of amides is 1. The van der Waals surface area contributed by atoms with E-state index in [-0.39, 0.29) is 30.8 Å². The van der Waals surface area contributed by atoms with E-state index in [1.807, 2.05) is 13.0 Å². The summed E-state index contributed by atoms with van der Waals surface area (Å²) in [5, 5.41) is 22.6. The molecule has 138 valence electrons. The third-order valence-corrected chi connectivity index (χ3v) is 4.56. The summed E-state index contributed by atoms with van der Waals surface area (Å²) in [5.74, 6) is -0.322. The molecule has 1 amide bonds. The zero-order chi connectivity index (χ0) is 19.4. The van der Waals surface area contributed by atoms with E-state index < -0.39 is 0 Å². The third kappa shape index (κ3) is 3.64. The molecule has 27 heavy (non-hydrogen) atoms. The van der Waals surface area contributed by atoms with Gasteiger partial charge in [0.15, 0.2) is 0 Å². The maximum absolute atomic E-state index is 12.8. The first-order valence-electron chi connectivity index (χ1n) is 8.42. The van der Waals surface area contributed by atoms with Crippen LogP contribution in [0, 0.1) is 18.3 Å². The fraction of sp³-hybridized carbons (Fsp3) is 0.316. The lowest BCUT2D eigenvalue weighted by molar-refractivity contribution is 0.0674. The van der Waals surface area contributed by atoms with Crippen LogP contribution in [0.4, 0.5) is 0 Å². The molecule has 1 fully saturated rings. The fourth-order valence-corrected chi connectivity index (χ4v) is 3.13. The predicted octanol–water partition coefficient (Wildman–Crippen LogP) is 1.53. The smallest absolute Gasteiger partial charge is 0.274 e. The van der Waals surface area contributed by atoms with Crippen LogP contribution in [0.25, 0.3) is 11.3 Å². The van der Waals surface area contributed by atoms with Crippen molar-refractivity contribution in [2.45, 2.75) is 19.4 Å². The highest BCUT2D eigenvalue weighted by Crippen LogP contribution is 2.24. The number of aliphatic hydroxyl groups is 1. The number of rotatable bonds is 4. The van der Waals surface area contributed by atoms with E-state index in [4.69, 9.17) is 10.1 Å². The summed E-state index contributed by atoms with van der Waals surface area (Å²) in [6.45, 7) is 1.96. The number of aliphatic hydroxyl groups excluding tert-OH is 1. The van der Waals surface area contributed by atoms with Crippen molar-refractivity contribution in [2.75, 3.05) is 20.3 Å². The third-order valence-electron chi connectivity index (χ3n) is 4.56. The molecule has 1 aliphatic rings. The van der Waals surface area contributed by atoms with Crippen LogP contribution >= 0.6 is 0 Å². The summed E-state index contributed by atoms with van der Waals surface area (Å²) in [6.07, 6.45) is 3.39. The van der Waals surface area contributed by atoms with E-state index >= 15 is 0 Å². The van der Waals surface area contributed by atoms with Crippen molar-refractivity contribution in [1.29, 1.82) is 5.26 Å². The Labute approximate surface area is 156 Å². The van der Waals surface area contributed by atoms with Gasteiger partial charge in [0.2, 0.25) is 0 Å². The fourth-order valence-electron chi connectivity index (χ4n) is 3.13. The molecule has 2 aromatic rings. The van der Waals surface area contributed by atoms with Crippen molar-refractivity contribution in [2.24, 2.45) is 5.16 Å². The van der Waals surface area contributed by atoms with Crippen LogP contribution < -0.4 is 0 Å². The molecule has 1 atom stereocenters. The van der Waals surface area contributed by atoms with Crippen molar-refractivity contribution in [3.8, 4) is 17.3 Å². The molecule has 0 spiro atoms. The Morgan fingerprint density at radius 2 is 2.26 bits per heavy atom. The van der Waals surface area contributed by atoms with Gasteiger partial charge in [-0.15, -0.1) is 0 Å². The minimum atomic E-state index is -0.359. The SMILES string of the molecule is CO/N=C1\C[C@@H](CO)N(C(=O)c2cnc(-c3cccc(C#N)c3C)cn2)C1. The molecule has 1 aliphatic heterocycles. The Morgan fingerprint density at radius 1 is 1.44 bits per heavy atom. The number of benzene rings is 1. The van der Waals surface area contributed by atoms with Gasteiger partial charge in [0, 0.05) is 12.0 Å². The largest absolute Gasteiger partial charge is 0.399 e. The van der Waals surface area contributed by atoms with Gasteiger partial charge in [-0.2, -0.15) is 5.26 Å². The standard InChI is InChI=1S/C19H19N5O3/c1-12-13(7-20)4-3-5-16(12)17-8-22-18(9-21-17)19(26)24-10-14(23-27-2)6-15(24)11-25/h3-5,8-9,15,25H,6,10-11H2,1-2H3/b23-14+/t15-/m0/s1. The molecule has 1 aromatic carbocycles. The average Bonchev–Trinajstić information content (AvgIpc) is 3.11. The van der Waals surface area contributed by atoms with Crippen LogP contribution in [-0.2, 0) is 4.84 Å². The Balaban J connectivity index is 1.84. The zero-order valence-electron chi connectivity index (χ0n) is 15.1. The summed E-state index contributed by atoms with van der Waals surface area (Å²) in [7, 11) is 1.44. The molecule has 1 aromatic heterocycles. The lowest BCUT2D eigenvalue weighted by atomic mass is 10.0. The van der Waals surface area contributed by atoms with Crippen molar-refractivity contribution >= 4 is 11.6 Å². The van der Waals surface area contributed by atoms with Gasteiger partial charge in [0.25, 0.3) is 5.91 Å². The molecule has 0 aliphatic carbocycles. The molecule has 1 saturated heterocycles. The van der Waals surface area contributed by atoms with Crippen LogP contribution in [0.2, 0.25) is 0 Å². The zero-order valence-corrected chi connectivity index (χ0v) is 15.1. The molecule has 3 rings (SSSR count). The van der Waals surface area contributed by atoms with Crippen LogP contribution in [0.15, 0.2) is 35.7 Å². The highest BCUT2D eigenvalue weighted by Gasteiger charge is 2.34. The van der Waals surface area contributed by atoms with E-state index in [1.54, 1.807) is 12.1 Å². The van der Waals surface area contributed by atoms with E-state index in [9.17, 15) is 9.90 Å². The summed E-state index contributed by atoms with van der Waals surface area (Å²) in [6, 6.07) is 7.17. The number of likely N-dealkylation sites (tertiary alicyclic amines) is 1. The molecule has 0 radical (unpaired) electrons. The second kappa shape index (κ2) is 7.93. The topological polar surface area (TPSA) is 112 Å². The van der Waals surface area contributed by atoms with Gasteiger partial charge in [0.1, 0.15) is 12.8 Å². The highest BCUT2D eigenvalue weighted by atomic mass is 16.6. The van der Waals surface area contributed by atoms with Gasteiger partial charge >= 0.3 is 0 Å². The number of carbonyl (C=O) groups is 1. The van der Waals surface area contributed by atoms with Crippen molar-refractivity contribution in [1.82, 2.24) is 14.9 Å². The molecular weight excluding hydrogens is 346 g/mol. The molecule has 0 bridgehead atoms. The maximum atomic E-state index is 12.8. The molecule has 8 nitrogen and oxygen atoms in total. The number of hydrogen-bond acceptors (Lipinski definition) is 7. The minimum absolute atomic E-state index is 0.167. The summed E-state index contributed by atoms with van der Waals surface area (Å²) in [5.41, 5.74) is 3.65. The quantitative estimate of drug-likeness (QED) is 0.823. The summed E-state index contributed by atoms with van der Waals surface area (Å²) in [4.78, 5) is 27.6. The van der Waals surface area contributed by atoms with Gasteiger partial charge in [-0.05, 0) is 18.6 Å². The summed E-state index contributed by atoms with van der Waals surface area (Å²) >= 11 is 0. The van der Waals surface area contributed by atoms with Crippen molar-refractivity contribution < 1.29 is 14.7 Å². The molecule has 8 heteroatoms. The van der Waals surface area contributed by atoms with E-state index in [0.29, 0.717) is 23.4 Å². The highest BCUT2D eigenvalue weighted by molar-refractivity contribution is 5.99. The van der Waals surface area contributed by atoms with Crippen LogP contribution in [0.5, 0.6) is 0 Å². The number of oxime groups is 1. The molecule has 0 unspecified atom stereocenters. The number of nitrogens with zero attached hydrogens (tertiary/aromatic N) is 5. The lowest BCUT2D eigenvalue weighted by Crippen LogP contribution is -2.38. The number of hydrogen-bond donors (Lipinski definition) is 1. The van der Waals surface area contributed by atoms with Gasteiger partial charge in [-0.25, -0.2) is 4.98 Å². The first-order valence-corrected chi connectivity index (χ1v) is 8.42. The first kappa shape index (κ1) is 18.5. The van der Waals surface area contributed by atoms with Crippen LogP contribution in [0.1, 0.15) is 28.0 Å². The Hall–Kier alpha value is -3.31. The van der Waals surface area contributed by atoms with Gasteiger partial charge < -0.3 is 14.8 Å². The molecule has 1 N–H and O–H groups in total. The number of nitriles is 1. The van der Waals surface area contributed by atoms with Gasteiger partial charge in [-0.1, -0.05) is 17.3 Å². The number of carbonyl (C=O) groups excluding carboxylic acids is 1. The van der Waals surface area contributed by atoms with Gasteiger partial charge in [-0.3, -0.25) is 9.78 Å². The molecular formula is C19H19N5O3. The van der Waals surface area contributed by atoms with Crippen LogP contribution in [-0.4, -0.2) is 57.9 Å². The Bertz CT molecular complexity index is 918. The average molecular weight is 365 g/mol. The lowest BCUT2D eigenvalue weighted by Gasteiger charge is -2.21. The van der Waals surface area contributed by atoms with E-state index in [0.717, 1.165) is 11.1 Å². The molecule has 2 heterocycles. The second-order valence-electron chi connectivity index (χ2n) is 6.19. The summed E-state index contributed by atoms with van der Waals surface area (Å²) < 4.78 is 0. The van der Waals surface area contributed by atoms with E-state index in [1.165, 1.54) is 24.4 Å². The van der Waals surface area contributed by atoms with Crippen molar-refractivity contribution in [3.63, 3.8) is 0 Å². The van der Waals surface area contributed by atoms with Gasteiger partial charge in [0.05, 0.1) is 54.6 Å².